The second-order valence-corrected chi connectivity index (χ2v) is 15.0. The van der Waals surface area contributed by atoms with Gasteiger partial charge in [-0.2, -0.15) is 0 Å². The Balaban J connectivity index is 1.17. The van der Waals surface area contributed by atoms with E-state index in [0.29, 0.717) is 11.1 Å². The molecule has 1 heteroatoms. The SMILES string of the molecule is [2H]c1c([2H])c(-c2ccc3ccccc3c2)c([2H])c(N(c2ccc(-c3ccc4ccccc4c3)cc2)c2ccc3c(c2)C(c2ccccc2)(c2ccccc2)c2ccccc2-3)c1[2H]. The van der Waals surface area contributed by atoms with Crippen molar-refractivity contribution >= 4 is 38.6 Å². The Hall–Kier alpha value is -7.48. The molecule has 0 unspecified atom stereocenters. The first kappa shape index (κ1) is 29.8. The second kappa shape index (κ2) is 13.9. The Bertz CT molecular complexity index is 3300. The van der Waals surface area contributed by atoms with Gasteiger partial charge in [-0.15, -0.1) is 0 Å². The summed E-state index contributed by atoms with van der Waals surface area (Å²) in [4.78, 5) is 1.96. The van der Waals surface area contributed by atoms with E-state index in [4.69, 9.17) is 0 Å². The van der Waals surface area contributed by atoms with Gasteiger partial charge < -0.3 is 4.90 Å². The second-order valence-electron chi connectivity index (χ2n) is 15.0. The van der Waals surface area contributed by atoms with Crippen molar-refractivity contribution < 1.29 is 5.48 Å². The van der Waals surface area contributed by atoms with Crippen LogP contribution in [0.2, 0.25) is 0 Å². The summed E-state index contributed by atoms with van der Waals surface area (Å²) in [7, 11) is 0. The molecule has 0 aromatic heterocycles. The van der Waals surface area contributed by atoms with Crippen molar-refractivity contribution in [3.8, 4) is 33.4 Å². The summed E-state index contributed by atoms with van der Waals surface area (Å²) in [5, 5.41) is 4.36. The van der Waals surface area contributed by atoms with E-state index >= 15 is 0 Å². The number of hydrogen-bond acceptors (Lipinski definition) is 1. The first-order valence-corrected chi connectivity index (χ1v) is 19.8. The summed E-state index contributed by atoms with van der Waals surface area (Å²) in [6.45, 7) is 0. The molecule has 58 heavy (non-hydrogen) atoms. The van der Waals surface area contributed by atoms with Crippen molar-refractivity contribution in [3.05, 3.63) is 259 Å². The maximum Gasteiger partial charge on any atom is 0.0714 e. The molecule has 0 N–H and O–H groups in total. The van der Waals surface area contributed by atoms with Crippen LogP contribution in [0.25, 0.3) is 54.9 Å². The number of rotatable bonds is 7. The maximum absolute atomic E-state index is 9.99. The lowest BCUT2D eigenvalue weighted by molar-refractivity contribution is 0.768. The molecule has 0 fully saturated rings. The van der Waals surface area contributed by atoms with E-state index in [-0.39, 0.29) is 29.9 Å². The van der Waals surface area contributed by atoms with Crippen molar-refractivity contribution in [1.29, 1.82) is 0 Å². The van der Waals surface area contributed by atoms with Gasteiger partial charge in [0.05, 0.1) is 10.9 Å². The standard InChI is InChI=1S/C57H39N/c1-3-19-48(20-4-1)57(49-21-5-2-6-22-49)55-25-12-11-24-53(55)54-35-34-52(39-56(54)57)58(50-32-30-42(31-33-50)46-28-26-40-14-7-9-16-43(40)36-46)51-23-13-18-45(38-51)47-29-27-41-15-8-10-17-44(41)37-47/h1-39H/i13D,18D,23D,38D. The molecule has 0 saturated carbocycles. The van der Waals surface area contributed by atoms with Crippen molar-refractivity contribution in [2.24, 2.45) is 0 Å². The van der Waals surface area contributed by atoms with Gasteiger partial charge in [0, 0.05) is 17.1 Å². The predicted molar refractivity (Wildman–Crippen MR) is 244 cm³/mol. The smallest absolute Gasteiger partial charge is 0.0714 e. The zero-order valence-corrected chi connectivity index (χ0v) is 31.7. The summed E-state index contributed by atoms with van der Waals surface area (Å²) < 4.78 is 38.1. The third-order valence-electron chi connectivity index (χ3n) is 11.8. The van der Waals surface area contributed by atoms with E-state index in [1.54, 1.807) is 0 Å². The van der Waals surface area contributed by atoms with Crippen LogP contribution in [0, 0.1) is 0 Å². The molecule has 0 radical (unpaired) electrons. The molecule has 11 rings (SSSR count). The monoisotopic (exact) mass is 741 g/mol. The molecule has 1 aliphatic rings. The number of benzene rings is 10. The lowest BCUT2D eigenvalue weighted by Gasteiger charge is -2.35. The highest BCUT2D eigenvalue weighted by atomic mass is 15.1. The molecule has 1 aliphatic carbocycles. The fraction of sp³-hybridized carbons (Fsp3) is 0.0175. The molecule has 0 amide bonds. The Labute approximate surface area is 345 Å². The molecule has 0 heterocycles. The first-order chi connectivity index (χ1) is 30.4. The summed E-state index contributed by atoms with van der Waals surface area (Å²) in [5.41, 5.74) is 11.0. The van der Waals surface area contributed by atoms with Crippen LogP contribution in [-0.2, 0) is 5.41 Å². The molecule has 10 aromatic carbocycles. The van der Waals surface area contributed by atoms with Gasteiger partial charge in [-0.25, -0.2) is 0 Å². The van der Waals surface area contributed by atoms with Crippen molar-refractivity contribution in [3.63, 3.8) is 0 Å². The summed E-state index contributed by atoms with van der Waals surface area (Å²) in [5.74, 6) is 0. The summed E-state index contributed by atoms with van der Waals surface area (Å²) in [6, 6.07) is 72.9. The number of hydrogen-bond donors (Lipinski definition) is 0. The van der Waals surface area contributed by atoms with Crippen LogP contribution in [0.5, 0.6) is 0 Å². The number of anilines is 3. The topological polar surface area (TPSA) is 3.24 Å². The first-order valence-electron chi connectivity index (χ1n) is 21.8. The van der Waals surface area contributed by atoms with Gasteiger partial charge in [0.15, 0.2) is 0 Å². The average molecular weight is 742 g/mol. The average Bonchev–Trinajstić information content (AvgIpc) is 3.63. The molecule has 10 aromatic rings. The number of fused-ring (bicyclic) bond motifs is 5. The van der Waals surface area contributed by atoms with Gasteiger partial charge in [-0.05, 0) is 126 Å². The molecule has 0 spiro atoms. The molecule has 0 atom stereocenters. The molecule has 0 saturated heterocycles. The van der Waals surface area contributed by atoms with Crippen LogP contribution < -0.4 is 4.90 Å². The highest BCUT2D eigenvalue weighted by Crippen LogP contribution is 2.57. The third-order valence-corrected chi connectivity index (χ3v) is 11.8. The lowest BCUT2D eigenvalue weighted by Crippen LogP contribution is -2.28. The van der Waals surface area contributed by atoms with Crippen LogP contribution in [0.15, 0.2) is 236 Å². The fourth-order valence-electron chi connectivity index (χ4n) is 9.09. The molecular formula is C57H39N. The molecule has 1 nitrogen and oxygen atoms in total. The predicted octanol–water partition coefficient (Wildman–Crippen LogP) is 15.2. The molecule has 272 valence electrons. The van der Waals surface area contributed by atoms with Crippen molar-refractivity contribution in [2.75, 3.05) is 4.90 Å². The van der Waals surface area contributed by atoms with Gasteiger partial charge in [-0.1, -0.05) is 188 Å². The summed E-state index contributed by atoms with van der Waals surface area (Å²) in [6.07, 6.45) is 0. The van der Waals surface area contributed by atoms with E-state index in [1.807, 2.05) is 59.5 Å². The zero-order valence-electron chi connectivity index (χ0n) is 35.7. The van der Waals surface area contributed by atoms with Crippen molar-refractivity contribution in [2.45, 2.75) is 5.41 Å². The van der Waals surface area contributed by atoms with E-state index < -0.39 is 5.41 Å². The Kier molecular flexibility index (Phi) is 7.14. The zero-order chi connectivity index (χ0) is 42.0. The van der Waals surface area contributed by atoms with Gasteiger partial charge in [0.25, 0.3) is 0 Å². The number of nitrogens with zero attached hydrogens (tertiary/aromatic N) is 1. The minimum absolute atomic E-state index is 0.0195. The molecule has 0 bridgehead atoms. The van der Waals surface area contributed by atoms with Crippen LogP contribution >= 0.6 is 0 Å². The molecule has 0 aliphatic heterocycles. The van der Waals surface area contributed by atoms with Crippen molar-refractivity contribution in [1.82, 2.24) is 0 Å². The van der Waals surface area contributed by atoms with E-state index in [9.17, 15) is 5.48 Å². The van der Waals surface area contributed by atoms with E-state index in [2.05, 4.69) is 158 Å². The normalized spacial score (nSPS) is 13.6. The third kappa shape index (κ3) is 5.55. The highest BCUT2D eigenvalue weighted by Gasteiger charge is 2.46. The Morgan fingerprint density at radius 3 is 1.52 bits per heavy atom. The Morgan fingerprint density at radius 1 is 0.345 bits per heavy atom. The van der Waals surface area contributed by atoms with Gasteiger partial charge in [-0.3, -0.25) is 0 Å². The Morgan fingerprint density at radius 2 is 0.862 bits per heavy atom. The maximum atomic E-state index is 9.99. The van der Waals surface area contributed by atoms with Gasteiger partial charge in [0.1, 0.15) is 0 Å². The van der Waals surface area contributed by atoms with Gasteiger partial charge >= 0.3 is 0 Å². The quantitative estimate of drug-likeness (QED) is 0.157. The highest BCUT2D eigenvalue weighted by molar-refractivity contribution is 5.92. The summed E-state index contributed by atoms with van der Waals surface area (Å²) >= 11 is 0. The minimum atomic E-state index is -0.675. The fourth-order valence-corrected chi connectivity index (χ4v) is 9.09. The lowest BCUT2D eigenvalue weighted by atomic mass is 9.67. The van der Waals surface area contributed by atoms with Crippen LogP contribution in [0.1, 0.15) is 27.7 Å². The van der Waals surface area contributed by atoms with Crippen LogP contribution in [0.4, 0.5) is 17.1 Å². The largest absolute Gasteiger partial charge is 0.310 e. The van der Waals surface area contributed by atoms with Crippen LogP contribution in [0.3, 0.4) is 0 Å². The van der Waals surface area contributed by atoms with Gasteiger partial charge in [0.2, 0.25) is 0 Å². The molecular weight excluding hydrogens is 699 g/mol. The minimum Gasteiger partial charge on any atom is -0.310 e. The van der Waals surface area contributed by atoms with Crippen LogP contribution in [-0.4, -0.2) is 0 Å². The van der Waals surface area contributed by atoms with E-state index in [0.717, 1.165) is 66.5 Å². The van der Waals surface area contributed by atoms with E-state index in [1.165, 1.54) is 10.9 Å².